The molecule has 19 heavy (non-hydrogen) atoms. The minimum absolute atomic E-state index is 0.216. The second kappa shape index (κ2) is 5.49. The highest BCUT2D eigenvalue weighted by molar-refractivity contribution is 5.96. The maximum absolute atomic E-state index is 11.4. The third-order valence-corrected chi connectivity index (χ3v) is 2.74. The number of hydrogen-bond donors (Lipinski definition) is 2. The van der Waals surface area contributed by atoms with Gasteiger partial charge in [-0.3, -0.25) is 4.79 Å². The van der Waals surface area contributed by atoms with Crippen molar-refractivity contribution in [2.24, 2.45) is 11.5 Å². The number of nitrogens with two attached hydrogens (primary N) is 2. The van der Waals surface area contributed by atoms with Gasteiger partial charge in [0.1, 0.15) is 11.3 Å². The van der Waals surface area contributed by atoms with Crippen LogP contribution in [0.4, 0.5) is 0 Å². The molecular formula is C14H15N3O2. The molecule has 1 aromatic heterocycles. The highest BCUT2D eigenvalue weighted by Crippen LogP contribution is 2.25. The Balaban J connectivity index is 2.32. The van der Waals surface area contributed by atoms with Gasteiger partial charge in [-0.05, 0) is 36.2 Å². The van der Waals surface area contributed by atoms with E-state index in [2.05, 4.69) is 4.98 Å². The maximum Gasteiger partial charge on any atom is 0.254 e. The number of aromatic nitrogens is 1. The topological polar surface area (TPSA) is 91.2 Å². The highest BCUT2D eigenvalue weighted by Gasteiger charge is 2.14. The standard InChI is InChI=1S/C14H15N3O2/c1-9-6-7-17-14(12(9)13(16)18)19-11-4-2-10(8-15)3-5-11/h2-7H,8,15H2,1H3,(H2,16,18). The van der Waals surface area contributed by atoms with Crippen LogP contribution in [0.15, 0.2) is 36.5 Å². The van der Waals surface area contributed by atoms with Gasteiger partial charge in [0.05, 0.1) is 0 Å². The number of carbonyl (C=O) groups excluding carboxylic acids is 1. The van der Waals surface area contributed by atoms with Gasteiger partial charge in [-0.2, -0.15) is 0 Å². The molecule has 0 saturated carbocycles. The Morgan fingerprint density at radius 2 is 1.95 bits per heavy atom. The smallest absolute Gasteiger partial charge is 0.254 e. The third kappa shape index (κ3) is 2.89. The summed E-state index contributed by atoms with van der Waals surface area (Å²) >= 11 is 0. The Bertz CT molecular complexity index is 594. The van der Waals surface area contributed by atoms with Crippen LogP contribution in [0, 0.1) is 6.92 Å². The molecule has 0 spiro atoms. The molecule has 1 heterocycles. The second-order valence-electron chi connectivity index (χ2n) is 4.12. The largest absolute Gasteiger partial charge is 0.438 e. The molecule has 1 aromatic carbocycles. The number of nitrogens with zero attached hydrogens (tertiary/aromatic N) is 1. The Morgan fingerprint density at radius 1 is 1.26 bits per heavy atom. The molecule has 5 heteroatoms. The van der Waals surface area contributed by atoms with Crippen LogP contribution in [0.5, 0.6) is 11.6 Å². The Labute approximate surface area is 111 Å². The quantitative estimate of drug-likeness (QED) is 0.872. The summed E-state index contributed by atoms with van der Waals surface area (Å²) in [5.74, 6) is 0.241. The third-order valence-electron chi connectivity index (χ3n) is 2.74. The van der Waals surface area contributed by atoms with Crippen molar-refractivity contribution < 1.29 is 9.53 Å². The van der Waals surface area contributed by atoms with E-state index in [0.29, 0.717) is 17.9 Å². The van der Waals surface area contributed by atoms with Crippen molar-refractivity contribution in [3.63, 3.8) is 0 Å². The number of pyridine rings is 1. The highest BCUT2D eigenvalue weighted by atomic mass is 16.5. The van der Waals surface area contributed by atoms with Crippen LogP contribution < -0.4 is 16.2 Å². The van der Waals surface area contributed by atoms with Gasteiger partial charge in [0.15, 0.2) is 0 Å². The lowest BCUT2D eigenvalue weighted by Crippen LogP contribution is -2.14. The van der Waals surface area contributed by atoms with E-state index in [1.54, 1.807) is 31.3 Å². The minimum Gasteiger partial charge on any atom is -0.438 e. The predicted octanol–water partition coefficient (Wildman–Crippen LogP) is 1.74. The molecular weight excluding hydrogens is 242 g/mol. The van der Waals surface area contributed by atoms with E-state index < -0.39 is 5.91 Å². The monoisotopic (exact) mass is 257 g/mol. The summed E-state index contributed by atoms with van der Waals surface area (Å²) in [6.07, 6.45) is 1.57. The fourth-order valence-electron chi connectivity index (χ4n) is 1.72. The maximum atomic E-state index is 11.4. The molecule has 0 saturated heterocycles. The molecule has 0 aliphatic rings. The number of aryl methyl sites for hydroxylation is 1. The van der Waals surface area contributed by atoms with Crippen molar-refractivity contribution in [3.05, 3.63) is 53.2 Å². The number of ether oxygens (including phenoxy) is 1. The average molecular weight is 257 g/mol. The van der Waals surface area contributed by atoms with Crippen LogP contribution >= 0.6 is 0 Å². The number of rotatable bonds is 4. The van der Waals surface area contributed by atoms with E-state index in [0.717, 1.165) is 11.1 Å². The fraction of sp³-hybridized carbons (Fsp3) is 0.143. The number of benzene rings is 1. The van der Waals surface area contributed by atoms with Crippen LogP contribution in [-0.2, 0) is 6.54 Å². The number of primary amides is 1. The molecule has 0 atom stereocenters. The van der Waals surface area contributed by atoms with E-state index >= 15 is 0 Å². The lowest BCUT2D eigenvalue weighted by molar-refractivity contribution is 0.0997. The molecule has 5 nitrogen and oxygen atoms in total. The van der Waals surface area contributed by atoms with E-state index in [4.69, 9.17) is 16.2 Å². The summed E-state index contributed by atoms with van der Waals surface area (Å²) in [6.45, 7) is 2.25. The summed E-state index contributed by atoms with van der Waals surface area (Å²) in [7, 11) is 0. The second-order valence-corrected chi connectivity index (χ2v) is 4.12. The molecule has 0 aliphatic carbocycles. The zero-order valence-corrected chi connectivity index (χ0v) is 10.6. The van der Waals surface area contributed by atoms with Crippen molar-refractivity contribution in [1.82, 2.24) is 4.98 Å². The van der Waals surface area contributed by atoms with Gasteiger partial charge in [-0.25, -0.2) is 4.98 Å². The van der Waals surface area contributed by atoms with Gasteiger partial charge in [0, 0.05) is 12.7 Å². The van der Waals surface area contributed by atoms with Crippen molar-refractivity contribution in [3.8, 4) is 11.6 Å². The van der Waals surface area contributed by atoms with E-state index in [9.17, 15) is 4.79 Å². The van der Waals surface area contributed by atoms with E-state index in [1.165, 1.54) is 0 Å². The molecule has 1 amide bonds. The van der Waals surface area contributed by atoms with Crippen molar-refractivity contribution in [2.45, 2.75) is 13.5 Å². The summed E-state index contributed by atoms with van der Waals surface area (Å²) in [6, 6.07) is 8.97. The first-order valence-corrected chi connectivity index (χ1v) is 5.84. The number of amides is 1. The first-order valence-electron chi connectivity index (χ1n) is 5.84. The fourth-order valence-corrected chi connectivity index (χ4v) is 1.72. The van der Waals surface area contributed by atoms with Gasteiger partial charge in [0.2, 0.25) is 5.88 Å². The Hall–Kier alpha value is -2.40. The van der Waals surface area contributed by atoms with Crippen LogP contribution in [-0.4, -0.2) is 10.9 Å². The summed E-state index contributed by atoms with van der Waals surface area (Å²) in [5, 5.41) is 0. The van der Waals surface area contributed by atoms with Crippen LogP contribution in [0.25, 0.3) is 0 Å². The molecule has 0 aliphatic heterocycles. The molecule has 0 fully saturated rings. The minimum atomic E-state index is -0.556. The van der Waals surface area contributed by atoms with Gasteiger partial charge >= 0.3 is 0 Å². The number of hydrogen-bond acceptors (Lipinski definition) is 4. The average Bonchev–Trinajstić information content (AvgIpc) is 2.39. The van der Waals surface area contributed by atoms with Gasteiger partial charge in [-0.15, -0.1) is 0 Å². The molecule has 0 unspecified atom stereocenters. The van der Waals surface area contributed by atoms with Gasteiger partial charge < -0.3 is 16.2 Å². The predicted molar refractivity (Wildman–Crippen MR) is 71.9 cm³/mol. The summed E-state index contributed by atoms with van der Waals surface area (Å²) < 4.78 is 5.60. The first-order chi connectivity index (χ1) is 9.11. The van der Waals surface area contributed by atoms with Crippen LogP contribution in [0.1, 0.15) is 21.5 Å². The summed E-state index contributed by atoms with van der Waals surface area (Å²) in [5.41, 5.74) is 12.9. The van der Waals surface area contributed by atoms with Crippen molar-refractivity contribution in [2.75, 3.05) is 0 Å². The first kappa shape index (κ1) is 13.0. The lowest BCUT2D eigenvalue weighted by atomic mass is 10.1. The zero-order chi connectivity index (χ0) is 13.8. The van der Waals surface area contributed by atoms with Crippen LogP contribution in [0.2, 0.25) is 0 Å². The molecule has 4 N–H and O–H groups in total. The molecule has 2 rings (SSSR count). The van der Waals surface area contributed by atoms with Crippen molar-refractivity contribution in [1.29, 1.82) is 0 Å². The summed E-state index contributed by atoms with van der Waals surface area (Å²) in [4.78, 5) is 15.5. The van der Waals surface area contributed by atoms with E-state index in [1.807, 2.05) is 12.1 Å². The van der Waals surface area contributed by atoms with Gasteiger partial charge in [0.25, 0.3) is 5.91 Å². The number of carbonyl (C=O) groups is 1. The van der Waals surface area contributed by atoms with Gasteiger partial charge in [-0.1, -0.05) is 12.1 Å². The zero-order valence-electron chi connectivity index (χ0n) is 10.6. The normalized spacial score (nSPS) is 10.2. The molecule has 98 valence electrons. The van der Waals surface area contributed by atoms with E-state index in [-0.39, 0.29) is 5.88 Å². The van der Waals surface area contributed by atoms with Crippen LogP contribution in [0.3, 0.4) is 0 Å². The van der Waals surface area contributed by atoms with Crippen molar-refractivity contribution >= 4 is 5.91 Å². The SMILES string of the molecule is Cc1ccnc(Oc2ccc(CN)cc2)c1C(N)=O. The Kier molecular flexibility index (Phi) is 3.77. The Morgan fingerprint density at radius 3 is 2.53 bits per heavy atom. The molecule has 2 aromatic rings. The molecule has 0 radical (unpaired) electrons. The molecule has 0 bridgehead atoms. The lowest BCUT2D eigenvalue weighted by Gasteiger charge is -2.10.